The summed E-state index contributed by atoms with van der Waals surface area (Å²) in [6.07, 6.45) is 1.89. The van der Waals surface area contributed by atoms with E-state index in [1.54, 1.807) is 24.3 Å². The summed E-state index contributed by atoms with van der Waals surface area (Å²) in [7, 11) is -3.56. The third kappa shape index (κ3) is 4.31. The Morgan fingerprint density at radius 1 is 1.07 bits per heavy atom. The van der Waals surface area contributed by atoms with Crippen molar-refractivity contribution in [3.63, 3.8) is 0 Å². The fourth-order valence-corrected chi connectivity index (χ4v) is 4.98. The fourth-order valence-electron chi connectivity index (χ4n) is 3.39. The summed E-state index contributed by atoms with van der Waals surface area (Å²) >= 11 is 0. The lowest BCUT2D eigenvalue weighted by Crippen LogP contribution is -2.39. The number of amides is 1. The number of para-hydroxylation sites is 1. The summed E-state index contributed by atoms with van der Waals surface area (Å²) in [5, 5.41) is 2.72. The molecule has 0 radical (unpaired) electrons. The number of rotatable bonds is 5. The SMILES string of the molecule is CC(=O)c1ccccc1NC(=O)c1ccc(S(=O)(=O)N2CCCC(C)C2)cc1. The molecule has 0 saturated carbocycles. The van der Waals surface area contributed by atoms with Gasteiger partial charge in [0.05, 0.1) is 10.6 Å². The molecular weight excluding hydrogens is 376 g/mol. The Morgan fingerprint density at radius 3 is 2.39 bits per heavy atom. The Morgan fingerprint density at radius 2 is 1.75 bits per heavy atom. The summed E-state index contributed by atoms with van der Waals surface area (Å²) in [6, 6.07) is 12.7. The number of Topliss-reactive ketones (excluding diaryl/α,β-unsaturated/α-hetero) is 1. The molecule has 7 heteroatoms. The van der Waals surface area contributed by atoms with Crippen molar-refractivity contribution in [2.24, 2.45) is 5.92 Å². The van der Waals surface area contributed by atoms with E-state index in [2.05, 4.69) is 5.32 Å². The highest BCUT2D eigenvalue weighted by Crippen LogP contribution is 2.24. The second kappa shape index (κ2) is 8.24. The fraction of sp³-hybridized carbons (Fsp3) is 0.333. The number of ketones is 1. The monoisotopic (exact) mass is 400 g/mol. The zero-order valence-electron chi connectivity index (χ0n) is 16.0. The first-order valence-corrected chi connectivity index (χ1v) is 10.7. The van der Waals surface area contributed by atoms with Crippen molar-refractivity contribution in [3.05, 3.63) is 59.7 Å². The largest absolute Gasteiger partial charge is 0.321 e. The highest BCUT2D eigenvalue weighted by molar-refractivity contribution is 7.89. The highest BCUT2D eigenvalue weighted by Gasteiger charge is 2.28. The van der Waals surface area contributed by atoms with Crippen LogP contribution in [-0.4, -0.2) is 37.5 Å². The van der Waals surface area contributed by atoms with E-state index >= 15 is 0 Å². The first-order valence-electron chi connectivity index (χ1n) is 9.30. The first kappa shape index (κ1) is 20.2. The molecule has 28 heavy (non-hydrogen) atoms. The zero-order valence-corrected chi connectivity index (χ0v) is 16.8. The molecule has 1 N–H and O–H groups in total. The van der Waals surface area contributed by atoms with Gasteiger partial charge in [-0.1, -0.05) is 19.1 Å². The minimum absolute atomic E-state index is 0.145. The van der Waals surface area contributed by atoms with Crippen LogP contribution in [-0.2, 0) is 10.0 Å². The van der Waals surface area contributed by atoms with Crippen molar-refractivity contribution in [2.75, 3.05) is 18.4 Å². The number of anilines is 1. The Bertz CT molecular complexity index is 984. The van der Waals surface area contributed by atoms with Crippen LogP contribution in [0.5, 0.6) is 0 Å². The molecular formula is C21H24N2O4S. The van der Waals surface area contributed by atoms with Gasteiger partial charge in [-0.3, -0.25) is 9.59 Å². The molecule has 1 fully saturated rings. The lowest BCUT2D eigenvalue weighted by atomic mass is 10.0. The summed E-state index contributed by atoms with van der Waals surface area (Å²) in [4.78, 5) is 24.4. The second-order valence-electron chi connectivity index (χ2n) is 7.19. The molecule has 1 amide bonds. The molecule has 2 aromatic carbocycles. The number of hydrogen-bond acceptors (Lipinski definition) is 4. The number of carbonyl (C=O) groups is 2. The van der Waals surface area contributed by atoms with Crippen molar-refractivity contribution in [1.82, 2.24) is 4.31 Å². The standard InChI is InChI=1S/C21H24N2O4S/c1-15-6-5-13-23(14-15)28(26,27)18-11-9-17(10-12-18)21(25)22-20-8-4-3-7-19(20)16(2)24/h3-4,7-12,15H,5-6,13-14H2,1-2H3,(H,22,25). The van der Waals surface area contributed by atoms with Crippen LogP contribution in [0.3, 0.4) is 0 Å². The Kier molecular flexibility index (Phi) is 5.96. The van der Waals surface area contributed by atoms with Gasteiger partial charge >= 0.3 is 0 Å². The van der Waals surface area contributed by atoms with Crippen LogP contribution in [0, 0.1) is 5.92 Å². The number of sulfonamides is 1. The predicted molar refractivity (Wildman–Crippen MR) is 108 cm³/mol. The van der Waals surface area contributed by atoms with Gasteiger partial charge < -0.3 is 5.32 Å². The van der Waals surface area contributed by atoms with Gasteiger partial charge in [-0.05, 0) is 62.1 Å². The van der Waals surface area contributed by atoms with E-state index in [9.17, 15) is 18.0 Å². The molecule has 0 bridgehead atoms. The van der Waals surface area contributed by atoms with Crippen LogP contribution < -0.4 is 5.32 Å². The highest BCUT2D eigenvalue weighted by atomic mass is 32.2. The summed E-state index contributed by atoms with van der Waals surface area (Å²) in [6.45, 7) is 4.53. The summed E-state index contributed by atoms with van der Waals surface area (Å²) in [5.74, 6) is -0.202. The maximum Gasteiger partial charge on any atom is 0.255 e. The van der Waals surface area contributed by atoms with E-state index < -0.39 is 15.9 Å². The van der Waals surface area contributed by atoms with Crippen LogP contribution in [0.2, 0.25) is 0 Å². The second-order valence-corrected chi connectivity index (χ2v) is 9.13. The van der Waals surface area contributed by atoms with Gasteiger partial charge in [0, 0.05) is 24.2 Å². The summed E-state index contributed by atoms with van der Waals surface area (Å²) in [5.41, 5.74) is 1.18. The average molecular weight is 401 g/mol. The molecule has 3 rings (SSSR count). The number of carbonyl (C=O) groups excluding carboxylic acids is 2. The van der Waals surface area contributed by atoms with Crippen molar-refractivity contribution in [1.29, 1.82) is 0 Å². The van der Waals surface area contributed by atoms with Gasteiger partial charge in [-0.2, -0.15) is 4.31 Å². The van der Waals surface area contributed by atoms with Crippen LogP contribution in [0.25, 0.3) is 0 Å². The number of nitrogens with zero attached hydrogens (tertiary/aromatic N) is 1. The van der Waals surface area contributed by atoms with Crippen LogP contribution in [0.15, 0.2) is 53.4 Å². The zero-order chi connectivity index (χ0) is 20.3. The van der Waals surface area contributed by atoms with Gasteiger partial charge in [0.15, 0.2) is 5.78 Å². The molecule has 1 atom stereocenters. The lowest BCUT2D eigenvalue weighted by molar-refractivity contribution is 0.101. The van der Waals surface area contributed by atoms with E-state index in [0.29, 0.717) is 35.8 Å². The molecule has 1 saturated heterocycles. The lowest BCUT2D eigenvalue weighted by Gasteiger charge is -2.30. The number of nitrogens with one attached hydrogen (secondary N) is 1. The molecule has 0 aromatic heterocycles. The van der Waals surface area contributed by atoms with E-state index in [1.165, 1.54) is 35.5 Å². The molecule has 1 aliphatic heterocycles. The maximum atomic E-state index is 12.8. The molecule has 2 aromatic rings. The third-order valence-corrected chi connectivity index (χ3v) is 6.81. The predicted octanol–water partition coefficient (Wildman–Crippen LogP) is 3.56. The normalized spacial score (nSPS) is 17.9. The maximum absolute atomic E-state index is 12.8. The van der Waals surface area contributed by atoms with Crippen LogP contribution in [0.4, 0.5) is 5.69 Å². The topological polar surface area (TPSA) is 83.5 Å². The molecule has 0 spiro atoms. The molecule has 1 heterocycles. The third-order valence-electron chi connectivity index (χ3n) is 4.93. The van der Waals surface area contributed by atoms with Crippen LogP contribution >= 0.6 is 0 Å². The number of hydrogen-bond donors (Lipinski definition) is 1. The van der Waals surface area contributed by atoms with E-state index in [1.807, 2.05) is 6.92 Å². The molecule has 6 nitrogen and oxygen atoms in total. The first-order chi connectivity index (χ1) is 13.3. The van der Waals surface area contributed by atoms with E-state index in [4.69, 9.17) is 0 Å². The Balaban J connectivity index is 1.77. The number of benzene rings is 2. The van der Waals surface area contributed by atoms with Gasteiger partial charge in [0.1, 0.15) is 0 Å². The molecule has 1 aliphatic rings. The average Bonchev–Trinajstić information content (AvgIpc) is 2.68. The minimum Gasteiger partial charge on any atom is -0.321 e. The van der Waals surface area contributed by atoms with E-state index in [0.717, 1.165) is 12.8 Å². The Hall–Kier alpha value is -2.51. The summed E-state index contributed by atoms with van der Waals surface area (Å²) < 4.78 is 27.1. The van der Waals surface area contributed by atoms with Crippen molar-refractivity contribution >= 4 is 27.4 Å². The van der Waals surface area contributed by atoms with E-state index in [-0.39, 0.29) is 10.7 Å². The van der Waals surface area contributed by atoms with Crippen molar-refractivity contribution in [2.45, 2.75) is 31.6 Å². The van der Waals surface area contributed by atoms with Gasteiger partial charge in [-0.15, -0.1) is 0 Å². The van der Waals surface area contributed by atoms with Crippen molar-refractivity contribution in [3.8, 4) is 0 Å². The minimum atomic E-state index is -3.56. The Labute approximate surface area is 165 Å². The molecule has 1 unspecified atom stereocenters. The van der Waals surface area contributed by atoms with Gasteiger partial charge in [0.2, 0.25) is 10.0 Å². The van der Waals surface area contributed by atoms with Crippen molar-refractivity contribution < 1.29 is 18.0 Å². The quantitative estimate of drug-likeness (QED) is 0.778. The number of piperidine rings is 1. The molecule has 0 aliphatic carbocycles. The van der Waals surface area contributed by atoms with Gasteiger partial charge in [0.25, 0.3) is 5.91 Å². The van der Waals surface area contributed by atoms with Crippen LogP contribution in [0.1, 0.15) is 47.4 Å². The smallest absolute Gasteiger partial charge is 0.255 e. The molecule has 148 valence electrons. The van der Waals surface area contributed by atoms with Gasteiger partial charge in [-0.25, -0.2) is 8.42 Å².